The van der Waals surface area contributed by atoms with Crippen molar-refractivity contribution in [2.75, 3.05) is 11.1 Å². The Labute approximate surface area is 134 Å². The lowest BCUT2D eigenvalue weighted by molar-refractivity contribution is -0.115. The van der Waals surface area contributed by atoms with Crippen LogP contribution in [-0.4, -0.2) is 11.7 Å². The third-order valence-electron chi connectivity index (χ3n) is 2.62. The van der Waals surface area contributed by atoms with E-state index in [1.165, 1.54) is 17.8 Å². The van der Waals surface area contributed by atoms with Gasteiger partial charge in [-0.05, 0) is 42.5 Å². The summed E-state index contributed by atoms with van der Waals surface area (Å²) in [5, 5.41) is 2.77. The van der Waals surface area contributed by atoms with E-state index in [9.17, 15) is 13.6 Å². The van der Waals surface area contributed by atoms with Gasteiger partial charge in [0.25, 0.3) is 0 Å². The second-order valence-electron chi connectivity index (χ2n) is 4.23. The van der Waals surface area contributed by atoms with Crippen molar-refractivity contribution < 1.29 is 13.6 Å². The maximum absolute atomic E-state index is 13.0. The fourth-order valence-electron chi connectivity index (χ4n) is 1.58. The van der Waals surface area contributed by atoms with Crippen molar-refractivity contribution >= 4 is 39.3 Å². The first-order chi connectivity index (χ1) is 10.0. The Hall–Kier alpha value is -1.40. The number of carbonyl (C=O) groups is 1. The molecule has 1 amide bonds. The summed E-state index contributed by atoms with van der Waals surface area (Å²) in [6, 6.07) is 11.0. The third-order valence-corrected chi connectivity index (χ3v) is 4.14. The zero-order chi connectivity index (χ0) is 15.2. The Balaban J connectivity index is 1.78. The van der Waals surface area contributed by atoms with Gasteiger partial charge in [-0.3, -0.25) is 4.79 Å². The molecular formula is C15H12BrF2NOS. The highest BCUT2D eigenvalue weighted by atomic mass is 79.9. The van der Waals surface area contributed by atoms with Crippen LogP contribution >= 0.6 is 27.7 Å². The summed E-state index contributed by atoms with van der Waals surface area (Å²) in [4.78, 5) is 12.3. The quantitative estimate of drug-likeness (QED) is 0.761. The fraction of sp³-hybridized carbons (Fsp3) is 0.133. The minimum Gasteiger partial charge on any atom is -0.326 e. The predicted octanol–water partition coefficient (Wildman–Crippen LogP) is 4.85. The molecule has 0 bridgehead atoms. The number of anilines is 1. The molecule has 0 aliphatic heterocycles. The van der Waals surface area contributed by atoms with Crippen LogP contribution in [0.3, 0.4) is 0 Å². The van der Waals surface area contributed by atoms with Crippen LogP contribution in [-0.2, 0) is 4.79 Å². The van der Waals surface area contributed by atoms with E-state index in [0.717, 1.165) is 22.3 Å². The van der Waals surface area contributed by atoms with Gasteiger partial charge < -0.3 is 5.32 Å². The molecule has 0 unspecified atom stereocenters. The van der Waals surface area contributed by atoms with Gasteiger partial charge in [0.2, 0.25) is 5.91 Å². The normalized spacial score (nSPS) is 10.4. The van der Waals surface area contributed by atoms with Crippen LogP contribution in [0.4, 0.5) is 14.5 Å². The Morgan fingerprint density at radius 3 is 2.48 bits per heavy atom. The SMILES string of the molecule is O=C(CCSc1ccc(F)c(F)c1)Nc1ccc(Br)cc1. The van der Waals surface area contributed by atoms with Crippen molar-refractivity contribution in [3.05, 3.63) is 58.6 Å². The van der Waals surface area contributed by atoms with Gasteiger partial charge in [-0.25, -0.2) is 8.78 Å². The molecule has 0 saturated heterocycles. The Bertz CT molecular complexity index is 634. The van der Waals surface area contributed by atoms with Crippen molar-refractivity contribution in [1.29, 1.82) is 0 Å². The van der Waals surface area contributed by atoms with Crippen molar-refractivity contribution in [3.8, 4) is 0 Å². The van der Waals surface area contributed by atoms with E-state index in [2.05, 4.69) is 21.2 Å². The number of hydrogen-bond donors (Lipinski definition) is 1. The number of nitrogens with one attached hydrogen (secondary N) is 1. The van der Waals surface area contributed by atoms with Gasteiger partial charge >= 0.3 is 0 Å². The molecule has 2 aromatic carbocycles. The number of hydrogen-bond acceptors (Lipinski definition) is 2. The van der Waals surface area contributed by atoms with E-state index in [1.807, 2.05) is 12.1 Å². The molecule has 21 heavy (non-hydrogen) atoms. The molecule has 0 fully saturated rings. The molecule has 0 radical (unpaired) electrons. The minimum atomic E-state index is -0.876. The maximum Gasteiger partial charge on any atom is 0.225 e. The molecule has 2 nitrogen and oxygen atoms in total. The van der Waals surface area contributed by atoms with Crippen molar-refractivity contribution in [1.82, 2.24) is 0 Å². The number of amides is 1. The molecule has 0 atom stereocenters. The second-order valence-corrected chi connectivity index (χ2v) is 6.31. The van der Waals surface area contributed by atoms with Gasteiger partial charge in [-0.15, -0.1) is 11.8 Å². The first kappa shape index (κ1) is 16.0. The summed E-state index contributed by atoms with van der Waals surface area (Å²) >= 11 is 4.63. The highest BCUT2D eigenvalue weighted by molar-refractivity contribution is 9.10. The van der Waals surface area contributed by atoms with Crippen molar-refractivity contribution in [3.63, 3.8) is 0 Å². The van der Waals surface area contributed by atoms with Crippen LogP contribution in [0.15, 0.2) is 51.8 Å². The molecule has 0 saturated carbocycles. The van der Waals surface area contributed by atoms with Crippen LogP contribution < -0.4 is 5.32 Å². The minimum absolute atomic E-state index is 0.118. The second kappa shape index (κ2) is 7.56. The topological polar surface area (TPSA) is 29.1 Å². The van der Waals surface area contributed by atoms with Crippen LogP contribution in [0.1, 0.15) is 6.42 Å². The highest BCUT2D eigenvalue weighted by Gasteiger charge is 2.05. The summed E-state index contributed by atoms with van der Waals surface area (Å²) in [7, 11) is 0. The highest BCUT2D eigenvalue weighted by Crippen LogP contribution is 2.21. The van der Waals surface area contributed by atoms with Crippen LogP contribution in [0.25, 0.3) is 0 Å². The average Bonchev–Trinajstić information content (AvgIpc) is 2.45. The smallest absolute Gasteiger partial charge is 0.225 e. The Morgan fingerprint density at radius 1 is 1.10 bits per heavy atom. The summed E-state index contributed by atoms with van der Waals surface area (Å²) in [6.07, 6.45) is 0.291. The van der Waals surface area contributed by atoms with E-state index in [-0.39, 0.29) is 5.91 Å². The number of rotatable bonds is 5. The zero-order valence-electron chi connectivity index (χ0n) is 10.9. The number of benzene rings is 2. The van der Waals surface area contributed by atoms with E-state index in [4.69, 9.17) is 0 Å². The maximum atomic E-state index is 13.0. The molecular weight excluding hydrogens is 360 g/mol. The molecule has 0 heterocycles. The van der Waals surface area contributed by atoms with Crippen LogP contribution in [0, 0.1) is 11.6 Å². The van der Waals surface area contributed by atoms with E-state index in [0.29, 0.717) is 17.1 Å². The number of thioether (sulfide) groups is 1. The Morgan fingerprint density at radius 2 is 1.81 bits per heavy atom. The first-order valence-electron chi connectivity index (χ1n) is 6.18. The molecule has 0 aliphatic carbocycles. The summed E-state index contributed by atoms with van der Waals surface area (Å²) in [5.74, 6) is -1.37. The first-order valence-corrected chi connectivity index (χ1v) is 7.96. The standard InChI is InChI=1S/C15H12BrF2NOS/c16-10-1-3-11(4-2-10)19-15(20)7-8-21-12-5-6-13(17)14(18)9-12/h1-6,9H,7-8H2,(H,19,20). The summed E-state index contributed by atoms with van der Waals surface area (Å²) in [6.45, 7) is 0. The Kier molecular flexibility index (Phi) is 5.76. The predicted molar refractivity (Wildman–Crippen MR) is 84.5 cm³/mol. The summed E-state index contributed by atoms with van der Waals surface area (Å²) < 4.78 is 26.7. The van der Waals surface area contributed by atoms with Gasteiger partial charge in [0, 0.05) is 27.2 Å². The van der Waals surface area contributed by atoms with Crippen molar-refractivity contribution in [2.24, 2.45) is 0 Å². The lowest BCUT2D eigenvalue weighted by Crippen LogP contribution is -2.11. The lowest BCUT2D eigenvalue weighted by atomic mass is 10.3. The molecule has 2 rings (SSSR count). The van der Waals surface area contributed by atoms with Gasteiger partial charge in [0.05, 0.1) is 0 Å². The number of carbonyl (C=O) groups excluding carboxylic acids is 1. The monoisotopic (exact) mass is 371 g/mol. The van der Waals surface area contributed by atoms with Gasteiger partial charge in [0.15, 0.2) is 11.6 Å². The number of halogens is 3. The average molecular weight is 372 g/mol. The van der Waals surface area contributed by atoms with E-state index in [1.54, 1.807) is 12.1 Å². The van der Waals surface area contributed by atoms with Crippen LogP contribution in [0.2, 0.25) is 0 Å². The van der Waals surface area contributed by atoms with E-state index >= 15 is 0 Å². The zero-order valence-corrected chi connectivity index (χ0v) is 13.3. The molecule has 1 N–H and O–H groups in total. The van der Waals surface area contributed by atoms with Crippen molar-refractivity contribution in [2.45, 2.75) is 11.3 Å². The third kappa shape index (κ3) is 5.13. The molecule has 0 aliphatic rings. The lowest BCUT2D eigenvalue weighted by Gasteiger charge is -2.05. The van der Waals surface area contributed by atoms with Gasteiger partial charge in [-0.1, -0.05) is 15.9 Å². The molecule has 2 aromatic rings. The van der Waals surface area contributed by atoms with Gasteiger partial charge in [0.1, 0.15) is 0 Å². The molecule has 0 aromatic heterocycles. The van der Waals surface area contributed by atoms with E-state index < -0.39 is 11.6 Å². The largest absolute Gasteiger partial charge is 0.326 e. The molecule has 0 spiro atoms. The summed E-state index contributed by atoms with van der Waals surface area (Å²) in [5.41, 5.74) is 0.723. The molecule has 6 heteroatoms. The van der Waals surface area contributed by atoms with Crippen LogP contribution in [0.5, 0.6) is 0 Å². The molecule has 110 valence electrons. The van der Waals surface area contributed by atoms with Gasteiger partial charge in [-0.2, -0.15) is 0 Å². The fourth-order valence-corrected chi connectivity index (χ4v) is 2.72.